The molecule has 3 saturated carbocycles. The van der Waals surface area contributed by atoms with Gasteiger partial charge in [-0.2, -0.15) is 5.10 Å². The van der Waals surface area contributed by atoms with Crippen molar-refractivity contribution in [2.24, 2.45) is 33.7 Å². The summed E-state index contributed by atoms with van der Waals surface area (Å²) < 4.78 is 17.4. The van der Waals surface area contributed by atoms with Gasteiger partial charge in [0.25, 0.3) is 5.91 Å². The molecule has 4 aliphatic rings. The van der Waals surface area contributed by atoms with Gasteiger partial charge in [-0.3, -0.25) is 19.2 Å². The quantitative estimate of drug-likeness (QED) is 0.178. The van der Waals surface area contributed by atoms with Gasteiger partial charge >= 0.3 is 0 Å². The zero-order valence-electron chi connectivity index (χ0n) is 24.5. The highest BCUT2D eigenvalue weighted by atomic mass is 19.1. The van der Waals surface area contributed by atoms with E-state index in [1.54, 1.807) is 39.0 Å². The highest BCUT2D eigenvalue weighted by Crippen LogP contribution is 2.70. The van der Waals surface area contributed by atoms with Gasteiger partial charge < -0.3 is 26.0 Å². The van der Waals surface area contributed by atoms with Crippen LogP contribution in [0.1, 0.15) is 53.4 Å². The van der Waals surface area contributed by atoms with Crippen LogP contribution in [0.15, 0.2) is 41.1 Å². The molecule has 0 aromatic heterocycles. The minimum Gasteiger partial charge on any atom is -0.390 e. The number of carbonyl (C=O) groups excluding carboxylic acids is 4. The average Bonchev–Trinajstić information content (AvgIpc) is 3.15. The maximum atomic E-state index is 17.4. The molecule has 0 radical (unpaired) electrons. The lowest BCUT2D eigenvalue weighted by Crippen LogP contribution is -2.69. The SMILES string of the molecule is C=C(C)C(=O)NCC(=O)NCC(=O)N/N=C1\C=CC2(C)C(=C1)CC[C@H]1[C@@H]3C[C@@H](C)[C@](O)(C(=O)CO)C3(C)CC(O)[C@@]12F. The summed E-state index contributed by atoms with van der Waals surface area (Å²) in [5, 5.41) is 41.4. The third-order valence-corrected chi connectivity index (χ3v) is 10.4. The molecule has 0 bridgehead atoms. The summed E-state index contributed by atoms with van der Waals surface area (Å²) in [6.45, 7) is 8.67. The number of alkyl halides is 1. The second-order valence-electron chi connectivity index (χ2n) is 12.7. The Labute approximate surface area is 244 Å². The Morgan fingerprint density at radius 1 is 1.14 bits per heavy atom. The lowest BCUT2D eigenvalue weighted by atomic mass is 9.44. The van der Waals surface area contributed by atoms with Crippen LogP contribution >= 0.6 is 0 Å². The molecule has 0 spiro atoms. The lowest BCUT2D eigenvalue weighted by Gasteiger charge is -2.62. The molecule has 3 amide bonds. The number of nitrogens with one attached hydrogen (secondary N) is 3. The van der Waals surface area contributed by atoms with E-state index in [1.807, 2.05) is 0 Å². The zero-order chi connectivity index (χ0) is 31.3. The van der Waals surface area contributed by atoms with E-state index >= 15 is 4.39 Å². The number of hydrogen-bond donors (Lipinski definition) is 6. The normalized spacial score (nSPS) is 39.3. The molecule has 4 aliphatic carbocycles. The Kier molecular flexibility index (Phi) is 8.40. The molecule has 3 fully saturated rings. The van der Waals surface area contributed by atoms with E-state index in [9.17, 15) is 34.5 Å². The number of ketones is 1. The largest absolute Gasteiger partial charge is 0.390 e. The van der Waals surface area contributed by atoms with Crippen molar-refractivity contribution in [3.63, 3.8) is 0 Å². The lowest BCUT2D eigenvalue weighted by molar-refractivity contribution is -0.219. The molecule has 0 aromatic carbocycles. The standard InChI is InChI=1S/C30H41FN4O7/c1-16(2)26(41)33-13-24(39)32-14-25(40)35-34-19-8-9-27(4)18(11-19)6-7-20-21-10-17(3)30(42,23(38)15-36)28(21,5)12-22(37)29(20,27)31/h8-9,11,17,20-22,36-37,42H,1,6-7,10,12-15H2,2-5H3,(H,32,39)(H,33,41)(H,35,40)/b34-19+/t17-,20+,21+,22?,27?,28?,29+,30+/m1/s1. The summed E-state index contributed by atoms with van der Waals surface area (Å²) in [6.07, 6.45) is 4.57. The number of halogens is 1. The summed E-state index contributed by atoms with van der Waals surface area (Å²) in [5.74, 6) is -3.86. The number of aliphatic hydroxyl groups excluding tert-OH is 2. The topological polar surface area (TPSA) is 177 Å². The Morgan fingerprint density at radius 2 is 1.81 bits per heavy atom. The first kappa shape index (κ1) is 31.7. The Bertz CT molecular complexity index is 1300. The van der Waals surface area contributed by atoms with Crippen LogP contribution in [0.25, 0.3) is 0 Å². The van der Waals surface area contributed by atoms with Crippen molar-refractivity contribution < 1.29 is 38.9 Å². The van der Waals surface area contributed by atoms with Gasteiger partial charge in [-0.1, -0.05) is 32.1 Å². The number of hydrazone groups is 1. The minimum absolute atomic E-state index is 0.131. The predicted octanol–water partition coefficient (Wildman–Crippen LogP) is 0.607. The fourth-order valence-electron chi connectivity index (χ4n) is 8.06. The molecule has 0 saturated heterocycles. The molecule has 4 rings (SSSR count). The van der Waals surface area contributed by atoms with Crippen molar-refractivity contribution in [2.45, 2.75) is 70.8 Å². The first-order valence-electron chi connectivity index (χ1n) is 14.3. The van der Waals surface area contributed by atoms with E-state index in [2.05, 4.69) is 27.7 Å². The Morgan fingerprint density at radius 3 is 2.45 bits per heavy atom. The summed E-state index contributed by atoms with van der Waals surface area (Å²) >= 11 is 0. The number of carbonyl (C=O) groups is 4. The van der Waals surface area contributed by atoms with Crippen molar-refractivity contribution in [1.29, 1.82) is 0 Å². The molecular weight excluding hydrogens is 547 g/mol. The molecule has 230 valence electrons. The van der Waals surface area contributed by atoms with Crippen molar-refractivity contribution in [2.75, 3.05) is 19.7 Å². The molecule has 11 nitrogen and oxygen atoms in total. The smallest absolute Gasteiger partial charge is 0.259 e. The number of amides is 3. The number of Topliss-reactive ketones (excluding diaryl/α,β-unsaturated/α-hetero) is 1. The third-order valence-electron chi connectivity index (χ3n) is 10.4. The highest BCUT2D eigenvalue weighted by Gasteiger charge is 2.75. The second-order valence-corrected chi connectivity index (χ2v) is 12.7. The number of rotatable bonds is 8. The molecule has 42 heavy (non-hydrogen) atoms. The van der Waals surface area contributed by atoms with E-state index in [1.165, 1.54) is 6.92 Å². The van der Waals surface area contributed by atoms with Crippen LogP contribution in [0.4, 0.5) is 4.39 Å². The Balaban J connectivity index is 1.46. The van der Waals surface area contributed by atoms with E-state index in [-0.39, 0.29) is 31.0 Å². The second kappa shape index (κ2) is 11.1. The predicted molar refractivity (Wildman–Crippen MR) is 151 cm³/mol. The number of aliphatic hydroxyl groups is 3. The van der Waals surface area contributed by atoms with Crippen LogP contribution in [0.3, 0.4) is 0 Å². The molecule has 0 aliphatic heterocycles. The van der Waals surface area contributed by atoms with Crippen molar-refractivity contribution in [3.8, 4) is 0 Å². The van der Waals surface area contributed by atoms with Crippen molar-refractivity contribution >= 4 is 29.2 Å². The molecule has 0 heterocycles. The number of fused-ring (bicyclic) bond motifs is 5. The van der Waals surface area contributed by atoms with Gasteiger partial charge in [0.15, 0.2) is 11.5 Å². The zero-order valence-corrected chi connectivity index (χ0v) is 24.5. The van der Waals surface area contributed by atoms with Gasteiger partial charge in [0.2, 0.25) is 11.8 Å². The first-order chi connectivity index (χ1) is 19.6. The maximum Gasteiger partial charge on any atom is 0.259 e. The van der Waals surface area contributed by atoms with Gasteiger partial charge in [0, 0.05) is 22.3 Å². The van der Waals surface area contributed by atoms with Crippen LogP contribution in [0.2, 0.25) is 0 Å². The highest BCUT2D eigenvalue weighted by molar-refractivity contribution is 6.06. The third kappa shape index (κ3) is 4.73. The van der Waals surface area contributed by atoms with E-state index in [4.69, 9.17) is 0 Å². The van der Waals surface area contributed by atoms with Crippen LogP contribution in [-0.2, 0) is 19.2 Å². The van der Waals surface area contributed by atoms with Crippen molar-refractivity contribution in [3.05, 3.63) is 36.0 Å². The molecule has 8 atom stereocenters. The fraction of sp³-hybridized carbons (Fsp3) is 0.633. The number of allylic oxidation sites excluding steroid dienone is 4. The van der Waals surface area contributed by atoms with Crippen LogP contribution < -0.4 is 16.1 Å². The van der Waals surface area contributed by atoms with E-state index in [0.717, 1.165) is 0 Å². The summed E-state index contributed by atoms with van der Waals surface area (Å²) in [6, 6.07) is 0. The van der Waals surface area contributed by atoms with Crippen LogP contribution in [-0.4, -0.2) is 81.6 Å². The van der Waals surface area contributed by atoms with Crippen molar-refractivity contribution in [1.82, 2.24) is 16.1 Å². The average molecular weight is 589 g/mol. The monoisotopic (exact) mass is 588 g/mol. The molecule has 3 unspecified atom stereocenters. The van der Waals surface area contributed by atoms with Gasteiger partial charge in [-0.15, -0.1) is 0 Å². The fourth-order valence-corrected chi connectivity index (χ4v) is 8.06. The van der Waals surface area contributed by atoms with E-state index < -0.39 is 70.2 Å². The van der Waals surface area contributed by atoms with Gasteiger partial charge in [-0.05, 0) is 63.5 Å². The molecule has 12 heteroatoms. The van der Waals surface area contributed by atoms with Gasteiger partial charge in [0.1, 0.15) is 12.2 Å². The maximum absolute atomic E-state index is 17.4. The summed E-state index contributed by atoms with van der Waals surface area (Å²) in [5.41, 5.74) is -2.55. The summed E-state index contributed by atoms with van der Waals surface area (Å²) in [7, 11) is 0. The van der Waals surface area contributed by atoms with Gasteiger partial charge in [-0.25, -0.2) is 9.82 Å². The van der Waals surface area contributed by atoms with E-state index in [0.29, 0.717) is 30.5 Å². The molecular formula is C30H41FN4O7. The molecule has 0 aromatic rings. The number of hydrogen-bond acceptors (Lipinski definition) is 8. The number of nitrogens with zero attached hydrogens (tertiary/aromatic N) is 1. The summed E-state index contributed by atoms with van der Waals surface area (Å²) in [4.78, 5) is 48.3. The van der Waals surface area contributed by atoms with Crippen LogP contribution in [0, 0.1) is 28.6 Å². The molecule has 6 N–H and O–H groups in total. The van der Waals surface area contributed by atoms with Gasteiger partial charge in [0.05, 0.1) is 24.9 Å². The Hall–Kier alpha value is -3.22. The first-order valence-corrected chi connectivity index (χ1v) is 14.3. The van der Waals surface area contributed by atoms with Crippen LogP contribution in [0.5, 0.6) is 0 Å². The minimum atomic E-state index is -2.08.